The summed E-state index contributed by atoms with van der Waals surface area (Å²) >= 11 is 0. The standard InChI is InChI=1S/C30H47N3O3/c1-6-30(36,7-2)17-24-19-33(32-31-24)18-20(3)26-12-13-27-22(9-8-14-29(26,27)5)10-11-23-15-25(34)16-28(35)21(23)4/h10-11,19-20,25-28,34-36H,4,6-9,12-18H2,1-3,5H3/b22-10?,23-11-/t20-,25+,26-,27+,28-,29-/m1/s1. The van der Waals surface area contributed by atoms with Crippen LogP contribution in [0.25, 0.3) is 0 Å². The summed E-state index contributed by atoms with van der Waals surface area (Å²) in [6.45, 7) is 13.8. The zero-order chi connectivity index (χ0) is 26.1. The number of aliphatic hydroxyl groups is 3. The first-order chi connectivity index (χ1) is 17.1. The fourth-order valence-electron chi connectivity index (χ4n) is 7.45. The third kappa shape index (κ3) is 5.56. The van der Waals surface area contributed by atoms with Gasteiger partial charge >= 0.3 is 0 Å². The van der Waals surface area contributed by atoms with Crippen LogP contribution < -0.4 is 0 Å². The molecule has 0 saturated heterocycles. The lowest BCUT2D eigenvalue weighted by Crippen LogP contribution is -2.37. The lowest BCUT2D eigenvalue weighted by molar-refractivity contribution is 0.0317. The van der Waals surface area contributed by atoms with E-state index in [4.69, 9.17) is 0 Å². The highest BCUT2D eigenvalue weighted by Crippen LogP contribution is 2.59. The molecule has 0 aromatic carbocycles. The van der Waals surface area contributed by atoms with E-state index in [-0.39, 0.29) is 5.41 Å². The smallest absolute Gasteiger partial charge is 0.0855 e. The molecule has 0 bridgehead atoms. The lowest BCUT2D eigenvalue weighted by atomic mass is 9.61. The van der Waals surface area contributed by atoms with E-state index in [1.165, 1.54) is 31.3 Å². The Labute approximate surface area is 217 Å². The first-order valence-corrected chi connectivity index (χ1v) is 14.1. The van der Waals surface area contributed by atoms with Crippen molar-refractivity contribution in [3.8, 4) is 0 Å². The van der Waals surface area contributed by atoms with Crippen molar-refractivity contribution >= 4 is 0 Å². The van der Waals surface area contributed by atoms with Gasteiger partial charge in [-0.25, -0.2) is 0 Å². The number of hydrogen-bond donors (Lipinski definition) is 3. The Morgan fingerprint density at radius 2 is 2.00 bits per heavy atom. The summed E-state index contributed by atoms with van der Waals surface area (Å²) in [4.78, 5) is 0. The van der Waals surface area contributed by atoms with Crippen LogP contribution in [0.1, 0.15) is 91.2 Å². The van der Waals surface area contributed by atoms with Crippen LogP contribution in [0.5, 0.6) is 0 Å². The van der Waals surface area contributed by atoms with E-state index in [0.717, 1.165) is 42.6 Å². The Bertz CT molecular complexity index is 991. The predicted octanol–water partition coefficient (Wildman–Crippen LogP) is 5.15. The van der Waals surface area contributed by atoms with Crippen LogP contribution in [-0.4, -0.2) is 48.1 Å². The van der Waals surface area contributed by atoms with E-state index in [1.54, 1.807) is 0 Å². The molecule has 6 nitrogen and oxygen atoms in total. The first-order valence-electron chi connectivity index (χ1n) is 14.1. The van der Waals surface area contributed by atoms with Crippen molar-refractivity contribution in [3.63, 3.8) is 0 Å². The van der Waals surface area contributed by atoms with Gasteiger partial charge in [0.15, 0.2) is 0 Å². The molecule has 6 atom stereocenters. The highest BCUT2D eigenvalue weighted by atomic mass is 16.3. The van der Waals surface area contributed by atoms with Gasteiger partial charge in [-0.15, -0.1) is 5.10 Å². The van der Waals surface area contributed by atoms with E-state index >= 15 is 0 Å². The van der Waals surface area contributed by atoms with Gasteiger partial charge in [-0.05, 0) is 85.7 Å². The van der Waals surface area contributed by atoms with E-state index < -0.39 is 17.8 Å². The quantitative estimate of drug-likeness (QED) is 0.462. The minimum Gasteiger partial charge on any atom is -0.393 e. The van der Waals surface area contributed by atoms with Crippen molar-refractivity contribution in [1.82, 2.24) is 15.0 Å². The summed E-state index contributed by atoms with van der Waals surface area (Å²) in [7, 11) is 0. The fraction of sp³-hybridized carbons (Fsp3) is 0.733. The van der Waals surface area contributed by atoms with Gasteiger partial charge in [-0.2, -0.15) is 0 Å². The minimum absolute atomic E-state index is 0.276. The Balaban J connectivity index is 1.45. The zero-order valence-electron chi connectivity index (χ0n) is 22.8. The summed E-state index contributed by atoms with van der Waals surface area (Å²) in [6, 6.07) is 0. The molecule has 3 saturated carbocycles. The Hall–Kier alpha value is -1.76. The molecule has 6 heteroatoms. The molecular weight excluding hydrogens is 450 g/mol. The second-order valence-electron chi connectivity index (χ2n) is 12.2. The maximum atomic E-state index is 10.7. The van der Waals surface area contributed by atoms with Gasteiger partial charge < -0.3 is 15.3 Å². The molecule has 0 unspecified atom stereocenters. The molecule has 36 heavy (non-hydrogen) atoms. The van der Waals surface area contributed by atoms with Gasteiger partial charge in [0.1, 0.15) is 0 Å². The molecule has 0 aliphatic heterocycles. The SMILES string of the molecule is C=C1/C(=C\C=C2CCC[C@]3(C)[C@@H]([C@H](C)Cn4cc(CC(O)(CC)CC)nn4)CC[C@@H]23)C[C@H](O)C[C@H]1O. The number of nitrogens with zero attached hydrogens (tertiary/aromatic N) is 3. The monoisotopic (exact) mass is 497 g/mol. The second kappa shape index (κ2) is 10.9. The average molecular weight is 498 g/mol. The molecule has 0 radical (unpaired) electrons. The number of fused-ring (bicyclic) bond motifs is 1. The third-order valence-electron chi connectivity index (χ3n) is 9.88. The van der Waals surface area contributed by atoms with E-state index in [1.807, 2.05) is 24.7 Å². The summed E-state index contributed by atoms with van der Waals surface area (Å²) in [5.74, 6) is 1.70. The molecule has 4 rings (SSSR count). The Kier molecular flexibility index (Phi) is 8.28. The van der Waals surface area contributed by atoms with Gasteiger partial charge in [-0.3, -0.25) is 4.68 Å². The van der Waals surface area contributed by atoms with Crippen molar-refractivity contribution in [2.24, 2.45) is 23.2 Å². The van der Waals surface area contributed by atoms with Crippen LogP contribution in [0.3, 0.4) is 0 Å². The molecular formula is C30H47N3O3. The Morgan fingerprint density at radius 1 is 1.25 bits per heavy atom. The van der Waals surface area contributed by atoms with Gasteiger partial charge in [-0.1, -0.05) is 57.2 Å². The van der Waals surface area contributed by atoms with Gasteiger partial charge in [0.2, 0.25) is 0 Å². The van der Waals surface area contributed by atoms with E-state index in [9.17, 15) is 15.3 Å². The van der Waals surface area contributed by atoms with Crippen LogP contribution >= 0.6 is 0 Å². The summed E-state index contributed by atoms with van der Waals surface area (Å²) in [6.07, 6.45) is 14.3. The molecule has 3 N–H and O–H groups in total. The molecule has 200 valence electrons. The Morgan fingerprint density at radius 3 is 2.72 bits per heavy atom. The van der Waals surface area contributed by atoms with Crippen LogP contribution in [-0.2, 0) is 13.0 Å². The number of rotatable bonds is 8. The summed E-state index contributed by atoms with van der Waals surface area (Å²) in [5, 5.41) is 39.8. The molecule has 1 heterocycles. The molecule has 3 aliphatic rings. The first kappa shape index (κ1) is 27.3. The van der Waals surface area contributed by atoms with E-state index in [0.29, 0.717) is 37.0 Å². The number of allylic oxidation sites excluding steroid dienone is 3. The lowest BCUT2D eigenvalue weighted by Gasteiger charge is -2.44. The number of aliphatic hydroxyl groups excluding tert-OH is 2. The molecule has 0 spiro atoms. The highest BCUT2D eigenvalue weighted by molar-refractivity contribution is 5.38. The van der Waals surface area contributed by atoms with Gasteiger partial charge in [0.25, 0.3) is 0 Å². The van der Waals surface area contributed by atoms with Crippen LogP contribution in [0.15, 0.2) is 41.6 Å². The van der Waals surface area contributed by atoms with Crippen LogP contribution in [0.4, 0.5) is 0 Å². The molecule has 1 aromatic rings. The van der Waals surface area contributed by atoms with Gasteiger partial charge in [0, 0.05) is 25.6 Å². The van der Waals surface area contributed by atoms with Gasteiger partial charge in [0.05, 0.1) is 23.5 Å². The van der Waals surface area contributed by atoms with Crippen LogP contribution in [0, 0.1) is 23.2 Å². The van der Waals surface area contributed by atoms with Crippen molar-refractivity contribution < 1.29 is 15.3 Å². The van der Waals surface area contributed by atoms with Crippen molar-refractivity contribution in [2.45, 2.75) is 116 Å². The number of hydrogen-bond acceptors (Lipinski definition) is 5. The average Bonchev–Trinajstić information content (AvgIpc) is 3.43. The maximum Gasteiger partial charge on any atom is 0.0855 e. The third-order valence-corrected chi connectivity index (χ3v) is 9.88. The van der Waals surface area contributed by atoms with Crippen molar-refractivity contribution in [1.29, 1.82) is 0 Å². The normalized spacial score (nSPS) is 34.4. The van der Waals surface area contributed by atoms with Crippen molar-refractivity contribution in [3.05, 3.63) is 47.3 Å². The summed E-state index contributed by atoms with van der Waals surface area (Å²) in [5.41, 5.74) is 3.73. The molecule has 0 amide bonds. The minimum atomic E-state index is -0.696. The maximum absolute atomic E-state index is 10.7. The number of aromatic nitrogens is 3. The second-order valence-corrected chi connectivity index (χ2v) is 12.2. The largest absolute Gasteiger partial charge is 0.393 e. The molecule has 3 fully saturated rings. The van der Waals surface area contributed by atoms with Crippen molar-refractivity contribution in [2.75, 3.05) is 0 Å². The predicted molar refractivity (Wildman–Crippen MR) is 143 cm³/mol. The fourth-order valence-corrected chi connectivity index (χ4v) is 7.45. The molecule has 1 aromatic heterocycles. The molecule has 3 aliphatic carbocycles. The summed E-state index contributed by atoms with van der Waals surface area (Å²) < 4.78 is 1.98. The highest BCUT2D eigenvalue weighted by Gasteiger charge is 2.50. The zero-order valence-corrected chi connectivity index (χ0v) is 22.8. The topological polar surface area (TPSA) is 91.4 Å². The van der Waals surface area contributed by atoms with E-state index in [2.05, 4.69) is 42.9 Å². The van der Waals surface area contributed by atoms with Crippen LogP contribution in [0.2, 0.25) is 0 Å².